The van der Waals surface area contributed by atoms with Gasteiger partial charge >= 0.3 is 0 Å². The van der Waals surface area contributed by atoms with E-state index in [2.05, 4.69) is 5.32 Å². The molecule has 4 nitrogen and oxygen atoms in total. The molecule has 0 bridgehead atoms. The molecule has 158 valence electrons. The average Bonchev–Trinajstić information content (AvgIpc) is 3.11. The van der Waals surface area contributed by atoms with Gasteiger partial charge in [0.15, 0.2) is 9.84 Å². The van der Waals surface area contributed by atoms with E-state index in [1.165, 1.54) is 24.5 Å². The van der Waals surface area contributed by atoms with E-state index in [0.29, 0.717) is 22.0 Å². The number of fused-ring (bicyclic) bond motifs is 1. The molecular formula is C23H24Cl2N2O2S. The number of aromatic nitrogens is 1. The van der Waals surface area contributed by atoms with Gasteiger partial charge in [-0.1, -0.05) is 66.0 Å². The van der Waals surface area contributed by atoms with Gasteiger partial charge in [-0.25, -0.2) is 8.42 Å². The van der Waals surface area contributed by atoms with E-state index in [-0.39, 0.29) is 4.90 Å². The van der Waals surface area contributed by atoms with Crippen LogP contribution in [0.4, 0.5) is 0 Å². The minimum absolute atomic E-state index is 0.277. The minimum atomic E-state index is -3.75. The lowest BCUT2D eigenvalue weighted by Gasteiger charge is -2.24. The first-order valence-electron chi connectivity index (χ1n) is 10.1. The molecule has 1 fully saturated rings. The molecule has 0 saturated carbocycles. The zero-order chi connectivity index (χ0) is 21.1. The molecule has 1 saturated heterocycles. The zero-order valence-electron chi connectivity index (χ0n) is 16.5. The van der Waals surface area contributed by atoms with Crippen molar-refractivity contribution in [3.05, 3.63) is 76.9 Å². The highest BCUT2D eigenvalue weighted by Gasteiger charge is 2.31. The third-order valence-electron chi connectivity index (χ3n) is 5.65. The quantitative estimate of drug-likeness (QED) is 0.510. The summed E-state index contributed by atoms with van der Waals surface area (Å²) >= 11 is 12.1. The maximum atomic E-state index is 13.8. The molecule has 30 heavy (non-hydrogen) atoms. The summed E-state index contributed by atoms with van der Waals surface area (Å²) < 4.78 is 29.6. The Morgan fingerprint density at radius 2 is 1.97 bits per heavy atom. The highest BCUT2D eigenvalue weighted by molar-refractivity contribution is 7.92. The summed E-state index contributed by atoms with van der Waals surface area (Å²) in [5.74, 6) is 0. The molecule has 0 amide bonds. The van der Waals surface area contributed by atoms with Crippen molar-refractivity contribution < 1.29 is 8.42 Å². The fourth-order valence-corrected chi connectivity index (χ4v) is 6.39. The lowest BCUT2D eigenvalue weighted by molar-refractivity contribution is 0.366. The summed E-state index contributed by atoms with van der Waals surface area (Å²) in [6, 6.07) is 14.9. The number of nitrogens with zero attached hydrogens (tertiary/aromatic N) is 1. The third kappa shape index (κ3) is 4.30. The van der Waals surface area contributed by atoms with Crippen molar-refractivity contribution in [3.63, 3.8) is 0 Å². The molecule has 2 atom stereocenters. The first kappa shape index (κ1) is 21.4. The van der Waals surface area contributed by atoms with Crippen LogP contribution in [0.25, 0.3) is 10.9 Å². The van der Waals surface area contributed by atoms with Crippen LogP contribution >= 0.6 is 23.2 Å². The Balaban J connectivity index is 1.83. The monoisotopic (exact) mass is 462 g/mol. The van der Waals surface area contributed by atoms with E-state index in [9.17, 15) is 8.42 Å². The highest BCUT2D eigenvalue weighted by Crippen LogP contribution is 2.36. The summed E-state index contributed by atoms with van der Waals surface area (Å²) in [7, 11) is -3.75. The summed E-state index contributed by atoms with van der Waals surface area (Å²) in [5, 5.41) is 3.81. The highest BCUT2D eigenvalue weighted by atomic mass is 35.5. The molecule has 2 heterocycles. The van der Waals surface area contributed by atoms with Crippen molar-refractivity contribution in [1.82, 2.24) is 9.88 Å². The number of piperidine rings is 1. The molecule has 1 aliphatic heterocycles. The molecule has 0 spiro atoms. The van der Waals surface area contributed by atoms with Crippen LogP contribution in [-0.4, -0.2) is 25.6 Å². The van der Waals surface area contributed by atoms with Crippen LogP contribution in [0.1, 0.15) is 30.1 Å². The number of rotatable bonds is 6. The van der Waals surface area contributed by atoms with Gasteiger partial charge in [0.05, 0.1) is 4.90 Å². The van der Waals surface area contributed by atoms with Crippen LogP contribution in [-0.2, 0) is 16.4 Å². The van der Waals surface area contributed by atoms with Crippen LogP contribution in [0, 0.1) is 0 Å². The van der Waals surface area contributed by atoms with Gasteiger partial charge in [-0.15, -0.1) is 0 Å². The smallest absolute Gasteiger partial charge is 0.191 e. The van der Waals surface area contributed by atoms with Crippen LogP contribution in [0.15, 0.2) is 71.2 Å². The fraction of sp³-hybridized carbons (Fsp3) is 0.304. The van der Waals surface area contributed by atoms with Gasteiger partial charge < -0.3 is 9.88 Å². The van der Waals surface area contributed by atoms with Crippen LogP contribution in [0.2, 0.25) is 5.02 Å². The lowest BCUT2D eigenvalue weighted by atomic mass is 10.1. The summed E-state index contributed by atoms with van der Waals surface area (Å²) in [4.78, 5) is 0.277. The maximum Gasteiger partial charge on any atom is 0.191 e. The number of benzene rings is 2. The second-order valence-corrected chi connectivity index (χ2v) is 10.4. The van der Waals surface area contributed by atoms with Gasteiger partial charge in [-0.2, -0.15) is 0 Å². The van der Waals surface area contributed by atoms with Crippen molar-refractivity contribution >= 4 is 43.9 Å². The second kappa shape index (κ2) is 9.15. The first-order chi connectivity index (χ1) is 14.5. The molecule has 1 aromatic heterocycles. The van der Waals surface area contributed by atoms with Gasteiger partial charge in [0.25, 0.3) is 0 Å². The van der Waals surface area contributed by atoms with Crippen molar-refractivity contribution in [2.45, 2.75) is 42.0 Å². The van der Waals surface area contributed by atoms with E-state index < -0.39 is 15.1 Å². The van der Waals surface area contributed by atoms with E-state index in [0.717, 1.165) is 25.0 Å². The maximum absolute atomic E-state index is 13.8. The first-order valence-corrected chi connectivity index (χ1v) is 12.4. The zero-order valence-corrected chi connectivity index (χ0v) is 18.8. The number of hydrogen-bond acceptors (Lipinski definition) is 3. The van der Waals surface area contributed by atoms with Gasteiger partial charge in [-0.05, 0) is 43.1 Å². The molecule has 1 N–H and O–H groups in total. The summed E-state index contributed by atoms with van der Waals surface area (Å²) in [6.07, 6.45) is 6.72. The Labute approximate surface area is 187 Å². The predicted octanol–water partition coefficient (Wildman–Crippen LogP) is 5.70. The van der Waals surface area contributed by atoms with Crippen molar-refractivity contribution in [2.24, 2.45) is 0 Å². The number of halogens is 2. The summed E-state index contributed by atoms with van der Waals surface area (Å²) in [6.45, 7) is 1.71. The normalized spacial score (nSPS) is 18.8. The topological polar surface area (TPSA) is 51.1 Å². The molecule has 0 aliphatic carbocycles. The summed E-state index contributed by atoms with van der Waals surface area (Å²) in [5.41, 5.74) is 2.81. The van der Waals surface area contributed by atoms with Gasteiger partial charge in [0.2, 0.25) is 0 Å². The Bertz CT molecular complexity index is 1150. The number of sulfone groups is 1. The molecule has 1 aliphatic rings. The van der Waals surface area contributed by atoms with Crippen LogP contribution in [0.5, 0.6) is 0 Å². The Kier molecular flexibility index (Phi) is 6.54. The molecule has 4 rings (SSSR count). The third-order valence-corrected chi connectivity index (χ3v) is 8.07. The second-order valence-electron chi connectivity index (χ2n) is 7.65. The molecule has 3 aromatic rings. The molecule has 2 unspecified atom stereocenters. The van der Waals surface area contributed by atoms with Crippen molar-refractivity contribution in [2.75, 3.05) is 6.54 Å². The number of nitrogens with one attached hydrogen (secondary N) is 1. The van der Waals surface area contributed by atoms with E-state index >= 15 is 0 Å². The Morgan fingerprint density at radius 1 is 1.17 bits per heavy atom. The Hall–Kier alpha value is -1.79. The minimum Gasteiger partial charge on any atom is -0.345 e. The van der Waals surface area contributed by atoms with E-state index in [4.69, 9.17) is 23.2 Å². The SMILES string of the molecule is O=S(=O)(c1cn(CC2CCCCN2)c2ccc(Cl)cc12)C(C=CCl)c1ccccc1. The predicted molar refractivity (Wildman–Crippen MR) is 124 cm³/mol. The fourth-order valence-electron chi connectivity index (χ4n) is 4.17. The van der Waals surface area contributed by atoms with E-state index in [1.54, 1.807) is 30.5 Å². The average molecular weight is 463 g/mol. The molecule has 7 heteroatoms. The largest absolute Gasteiger partial charge is 0.345 e. The molecule has 2 aromatic carbocycles. The van der Waals surface area contributed by atoms with Crippen molar-refractivity contribution in [3.8, 4) is 0 Å². The van der Waals surface area contributed by atoms with Gasteiger partial charge in [-0.3, -0.25) is 0 Å². The number of hydrogen-bond donors (Lipinski definition) is 1. The molecular weight excluding hydrogens is 439 g/mol. The standard InChI is InChI=1S/C23H24Cl2N2O2S/c24-12-11-22(17-6-2-1-3-7-17)30(28,29)23-16-27(15-19-8-4-5-13-26-19)21-10-9-18(25)14-20(21)23/h1-3,6-7,9-12,14,16,19,22,26H,4-5,8,13,15H2. The van der Waals surface area contributed by atoms with Crippen LogP contribution < -0.4 is 5.32 Å². The van der Waals surface area contributed by atoms with Gasteiger partial charge in [0, 0.05) is 40.2 Å². The Morgan fingerprint density at radius 3 is 2.67 bits per heavy atom. The van der Waals surface area contributed by atoms with Crippen LogP contribution in [0.3, 0.4) is 0 Å². The van der Waals surface area contributed by atoms with Gasteiger partial charge in [0.1, 0.15) is 5.25 Å². The van der Waals surface area contributed by atoms with Crippen molar-refractivity contribution in [1.29, 1.82) is 0 Å². The lowest BCUT2D eigenvalue weighted by Crippen LogP contribution is -2.37. The molecule has 0 radical (unpaired) electrons. The van der Waals surface area contributed by atoms with E-state index in [1.807, 2.05) is 28.8 Å².